The molecule has 1 N–H and O–H groups in total. The predicted molar refractivity (Wildman–Crippen MR) is 118 cm³/mol. The van der Waals surface area contributed by atoms with E-state index in [0.717, 1.165) is 11.3 Å². The summed E-state index contributed by atoms with van der Waals surface area (Å²) < 4.78 is 16.4. The Hall–Kier alpha value is -3.15. The molecule has 2 aliphatic heterocycles. The number of nitrogens with one attached hydrogen (secondary N) is 1. The molecule has 2 aromatic rings. The second-order valence-electron chi connectivity index (χ2n) is 8.34. The number of ether oxygens (including phenoxy) is 3. The standard InChI is InChI=1S/C24H28N2O4/c1-15-7-8-18-17(11-15)23(2,3)24(25-21(27)14-26(18)24)10-9-16-12-19(28-4)22(30-6)20(13-16)29-5/h7-13H,14H2,1-6H3,(H,25,27)/b10-9+. The highest BCUT2D eigenvalue weighted by molar-refractivity contribution is 5.91. The fourth-order valence-corrected chi connectivity index (χ4v) is 4.70. The van der Waals surface area contributed by atoms with Crippen molar-refractivity contribution in [3.63, 3.8) is 0 Å². The predicted octanol–water partition coefficient (Wildman–Crippen LogP) is 3.66. The lowest BCUT2D eigenvalue weighted by molar-refractivity contribution is -0.118. The van der Waals surface area contributed by atoms with Gasteiger partial charge in [0.2, 0.25) is 11.7 Å². The van der Waals surface area contributed by atoms with E-state index in [1.165, 1.54) is 11.1 Å². The first-order chi connectivity index (χ1) is 14.3. The second kappa shape index (κ2) is 6.97. The van der Waals surface area contributed by atoms with Gasteiger partial charge in [0.1, 0.15) is 5.66 Å². The number of hydrogen-bond acceptors (Lipinski definition) is 5. The van der Waals surface area contributed by atoms with E-state index in [4.69, 9.17) is 14.2 Å². The van der Waals surface area contributed by atoms with Gasteiger partial charge in [-0.15, -0.1) is 0 Å². The molecular formula is C24H28N2O4. The Balaban J connectivity index is 1.82. The second-order valence-corrected chi connectivity index (χ2v) is 8.34. The lowest BCUT2D eigenvalue weighted by Gasteiger charge is -2.40. The molecule has 0 bridgehead atoms. The molecule has 1 amide bonds. The van der Waals surface area contributed by atoms with Gasteiger partial charge in [0, 0.05) is 11.1 Å². The van der Waals surface area contributed by atoms with Crippen LogP contribution in [-0.4, -0.2) is 39.4 Å². The molecule has 30 heavy (non-hydrogen) atoms. The number of anilines is 1. The lowest BCUT2D eigenvalue weighted by atomic mass is 9.75. The summed E-state index contributed by atoms with van der Waals surface area (Å²) in [6.07, 6.45) is 4.08. The Morgan fingerprint density at radius 1 is 1.03 bits per heavy atom. The van der Waals surface area contributed by atoms with Gasteiger partial charge < -0.3 is 24.4 Å². The third-order valence-electron chi connectivity index (χ3n) is 6.33. The van der Waals surface area contributed by atoms with Crippen molar-refractivity contribution in [1.29, 1.82) is 0 Å². The van der Waals surface area contributed by atoms with Gasteiger partial charge in [-0.25, -0.2) is 0 Å². The van der Waals surface area contributed by atoms with Gasteiger partial charge in [-0.1, -0.05) is 37.6 Å². The highest BCUT2D eigenvalue weighted by atomic mass is 16.5. The number of fused-ring (bicyclic) bond motifs is 3. The largest absolute Gasteiger partial charge is 0.493 e. The van der Waals surface area contributed by atoms with Crippen LogP contribution in [0, 0.1) is 6.92 Å². The van der Waals surface area contributed by atoms with E-state index in [1.54, 1.807) is 21.3 Å². The zero-order chi connectivity index (χ0) is 21.7. The molecule has 158 valence electrons. The molecule has 1 saturated heterocycles. The van der Waals surface area contributed by atoms with Crippen LogP contribution in [0.3, 0.4) is 0 Å². The maximum absolute atomic E-state index is 12.5. The Kier molecular flexibility index (Phi) is 4.68. The van der Waals surface area contributed by atoms with E-state index >= 15 is 0 Å². The zero-order valence-corrected chi connectivity index (χ0v) is 18.3. The van der Waals surface area contributed by atoms with E-state index in [2.05, 4.69) is 55.3 Å². The number of rotatable bonds is 5. The van der Waals surface area contributed by atoms with Gasteiger partial charge in [-0.05, 0) is 42.3 Å². The molecule has 0 aliphatic carbocycles. The molecule has 0 radical (unpaired) electrons. The molecule has 1 unspecified atom stereocenters. The van der Waals surface area contributed by atoms with Crippen molar-refractivity contribution >= 4 is 17.7 Å². The summed E-state index contributed by atoms with van der Waals surface area (Å²) in [6.45, 7) is 6.78. The first-order valence-corrected chi connectivity index (χ1v) is 9.96. The van der Waals surface area contributed by atoms with E-state index in [0.29, 0.717) is 23.8 Å². The van der Waals surface area contributed by atoms with Crippen LogP contribution in [0.25, 0.3) is 6.08 Å². The topological polar surface area (TPSA) is 60.0 Å². The van der Waals surface area contributed by atoms with Crippen LogP contribution in [-0.2, 0) is 10.2 Å². The van der Waals surface area contributed by atoms with Crippen molar-refractivity contribution < 1.29 is 19.0 Å². The van der Waals surface area contributed by atoms with Gasteiger partial charge >= 0.3 is 0 Å². The van der Waals surface area contributed by atoms with Crippen molar-refractivity contribution in [3.05, 3.63) is 53.1 Å². The summed E-state index contributed by atoms with van der Waals surface area (Å²) in [6, 6.07) is 10.2. The monoisotopic (exact) mass is 408 g/mol. The Labute approximate surface area is 177 Å². The van der Waals surface area contributed by atoms with Crippen LogP contribution >= 0.6 is 0 Å². The van der Waals surface area contributed by atoms with Crippen molar-refractivity contribution in [2.45, 2.75) is 31.8 Å². The normalized spacial score (nSPS) is 21.4. The Bertz CT molecular complexity index is 1020. The van der Waals surface area contributed by atoms with Gasteiger partial charge in [0.15, 0.2) is 11.5 Å². The van der Waals surface area contributed by atoms with Gasteiger partial charge in [0.05, 0.1) is 27.9 Å². The first kappa shape index (κ1) is 20.1. The van der Waals surface area contributed by atoms with E-state index in [1.807, 2.05) is 18.2 Å². The Morgan fingerprint density at radius 2 is 1.70 bits per heavy atom. The summed E-state index contributed by atoms with van der Waals surface area (Å²) >= 11 is 0. The molecular weight excluding hydrogens is 380 g/mol. The van der Waals surface area contributed by atoms with E-state index in [-0.39, 0.29) is 11.3 Å². The van der Waals surface area contributed by atoms with Crippen LogP contribution in [0.2, 0.25) is 0 Å². The fourth-order valence-electron chi connectivity index (χ4n) is 4.70. The van der Waals surface area contributed by atoms with Gasteiger partial charge in [0.25, 0.3) is 0 Å². The molecule has 0 aromatic heterocycles. The number of carbonyl (C=O) groups excluding carboxylic acids is 1. The van der Waals surface area contributed by atoms with E-state index in [9.17, 15) is 4.79 Å². The third kappa shape index (κ3) is 2.74. The van der Waals surface area contributed by atoms with E-state index < -0.39 is 5.66 Å². The van der Waals surface area contributed by atoms with Crippen molar-refractivity contribution in [1.82, 2.24) is 5.32 Å². The van der Waals surface area contributed by atoms with Crippen LogP contribution in [0.5, 0.6) is 17.2 Å². The summed E-state index contributed by atoms with van der Waals surface area (Å²) in [4.78, 5) is 14.6. The summed E-state index contributed by atoms with van der Waals surface area (Å²) in [7, 11) is 4.78. The summed E-state index contributed by atoms with van der Waals surface area (Å²) in [5.41, 5.74) is 3.45. The average Bonchev–Trinajstić information content (AvgIpc) is 3.15. The minimum absolute atomic E-state index is 0.0174. The first-order valence-electron chi connectivity index (χ1n) is 9.96. The highest BCUT2D eigenvalue weighted by Gasteiger charge is 2.59. The minimum Gasteiger partial charge on any atom is -0.493 e. The lowest BCUT2D eigenvalue weighted by Crippen LogP contribution is -2.58. The van der Waals surface area contributed by atoms with Crippen molar-refractivity contribution in [3.8, 4) is 17.2 Å². The molecule has 1 atom stereocenters. The molecule has 2 aliphatic rings. The number of methoxy groups -OCH3 is 3. The molecule has 1 fully saturated rings. The Morgan fingerprint density at radius 3 is 2.30 bits per heavy atom. The molecule has 6 heteroatoms. The number of amides is 1. The fraction of sp³-hybridized carbons (Fsp3) is 0.375. The molecule has 6 nitrogen and oxygen atoms in total. The van der Waals surface area contributed by atoms with Gasteiger partial charge in [-0.2, -0.15) is 0 Å². The molecule has 4 rings (SSSR count). The molecule has 2 heterocycles. The molecule has 2 aromatic carbocycles. The number of nitrogens with zero attached hydrogens (tertiary/aromatic N) is 1. The van der Waals surface area contributed by atoms with Crippen LogP contribution in [0.15, 0.2) is 36.4 Å². The highest BCUT2D eigenvalue weighted by Crippen LogP contribution is 2.53. The number of carbonyl (C=O) groups is 1. The zero-order valence-electron chi connectivity index (χ0n) is 18.3. The number of hydrogen-bond donors (Lipinski definition) is 1. The summed E-state index contributed by atoms with van der Waals surface area (Å²) in [5, 5.41) is 3.25. The average molecular weight is 408 g/mol. The van der Waals surface area contributed by atoms with Crippen LogP contribution in [0.4, 0.5) is 5.69 Å². The summed E-state index contributed by atoms with van der Waals surface area (Å²) in [5.74, 6) is 1.75. The molecule has 0 spiro atoms. The van der Waals surface area contributed by atoms with Gasteiger partial charge in [-0.3, -0.25) is 4.79 Å². The minimum atomic E-state index is -0.652. The maximum Gasteiger partial charge on any atom is 0.241 e. The van der Waals surface area contributed by atoms with Crippen LogP contribution < -0.4 is 24.4 Å². The maximum atomic E-state index is 12.5. The molecule has 0 saturated carbocycles. The quantitative estimate of drug-likeness (QED) is 0.818. The van der Waals surface area contributed by atoms with Crippen LogP contribution in [0.1, 0.15) is 30.5 Å². The SMILES string of the molecule is COc1cc(/C=C/C23NC(=O)CN2c2ccc(C)cc2C3(C)C)cc(OC)c1OC. The third-order valence-corrected chi connectivity index (χ3v) is 6.33. The van der Waals surface area contributed by atoms with Crippen molar-refractivity contribution in [2.24, 2.45) is 0 Å². The number of aryl methyl sites for hydroxylation is 1. The number of benzene rings is 2. The van der Waals surface area contributed by atoms with Crippen molar-refractivity contribution in [2.75, 3.05) is 32.8 Å². The smallest absolute Gasteiger partial charge is 0.241 e.